The van der Waals surface area contributed by atoms with E-state index >= 15 is 0 Å². The molecule has 0 saturated carbocycles. The molecule has 0 saturated heterocycles. The summed E-state index contributed by atoms with van der Waals surface area (Å²) in [7, 11) is 1.65. The van der Waals surface area contributed by atoms with Gasteiger partial charge in [-0.25, -0.2) is 14.6 Å². The monoisotopic (exact) mass is 425 g/mol. The Balaban J connectivity index is 1.43. The van der Waals surface area contributed by atoms with Crippen LogP contribution in [0.15, 0.2) is 79.4 Å². The standard InChI is InChI=1S/C25H23N5O2/c1-17(12-18-6-4-3-5-7-18)32-24-13-19(8-11-23(24)31-2)25-28-21-10-9-20(14-22(21)29-25)30-16-26-15-27-30/h3-11,13-17H,12H2,1-2H3,(H,28,29). The molecule has 0 bridgehead atoms. The Labute approximate surface area is 185 Å². The number of aromatic nitrogens is 5. The molecule has 0 amide bonds. The molecule has 7 nitrogen and oxygen atoms in total. The number of H-pyrrole nitrogens is 1. The van der Waals surface area contributed by atoms with Crippen molar-refractivity contribution in [1.82, 2.24) is 24.7 Å². The van der Waals surface area contributed by atoms with Gasteiger partial charge in [0.1, 0.15) is 24.6 Å². The Hall–Kier alpha value is -4.13. The number of imidazole rings is 1. The number of methoxy groups -OCH3 is 1. The van der Waals surface area contributed by atoms with Gasteiger partial charge in [0.25, 0.3) is 0 Å². The van der Waals surface area contributed by atoms with Crippen LogP contribution in [0, 0.1) is 0 Å². The molecule has 32 heavy (non-hydrogen) atoms. The highest BCUT2D eigenvalue weighted by molar-refractivity contribution is 5.81. The van der Waals surface area contributed by atoms with E-state index < -0.39 is 0 Å². The van der Waals surface area contributed by atoms with Crippen LogP contribution in [0.25, 0.3) is 28.1 Å². The van der Waals surface area contributed by atoms with E-state index in [0.717, 1.165) is 34.5 Å². The van der Waals surface area contributed by atoms with Crippen LogP contribution in [0.2, 0.25) is 0 Å². The number of nitrogens with zero attached hydrogens (tertiary/aromatic N) is 4. The lowest BCUT2D eigenvalue weighted by Crippen LogP contribution is -2.15. The third-order valence-electron chi connectivity index (χ3n) is 5.28. The number of rotatable bonds is 7. The number of hydrogen-bond donors (Lipinski definition) is 1. The summed E-state index contributed by atoms with van der Waals surface area (Å²) in [4.78, 5) is 12.2. The average molecular weight is 425 g/mol. The maximum absolute atomic E-state index is 6.26. The predicted octanol–water partition coefficient (Wildman–Crippen LogP) is 4.83. The zero-order valence-corrected chi connectivity index (χ0v) is 17.9. The number of nitrogens with one attached hydrogen (secondary N) is 1. The lowest BCUT2D eigenvalue weighted by molar-refractivity contribution is 0.212. The van der Waals surface area contributed by atoms with E-state index in [4.69, 9.17) is 14.5 Å². The number of hydrogen-bond acceptors (Lipinski definition) is 5. The van der Waals surface area contributed by atoms with Crippen molar-refractivity contribution in [2.45, 2.75) is 19.4 Å². The maximum Gasteiger partial charge on any atom is 0.162 e. The van der Waals surface area contributed by atoms with E-state index in [9.17, 15) is 0 Å². The Morgan fingerprint density at radius 3 is 2.66 bits per heavy atom. The van der Waals surface area contributed by atoms with E-state index in [2.05, 4.69) is 34.1 Å². The van der Waals surface area contributed by atoms with Crippen LogP contribution in [-0.4, -0.2) is 37.9 Å². The first-order valence-corrected chi connectivity index (χ1v) is 10.4. The lowest BCUT2D eigenvalue weighted by Gasteiger charge is -2.17. The molecule has 0 aliphatic carbocycles. The zero-order valence-electron chi connectivity index (χ0n) is 17.9. The summed E-state index contributed by atoms with van der Waals surface area (Å²) in [5.74, 6) is 2.15. The molecule has 5 rings (SSSR count). The summed E-state index contributed by atoms with van der Waals surface area (Å²) in [6, 6.07) is 22.1. The van der Waals surface area contributed by atoms with Crippen molar-refractivity contribution in [3.05, 3.63) is 84.9 Å². The van der Waals surface area contributed by atoms with Gasteiger partial charge in [-0.05, 0) is 48.9 Å². The van der Waals surface area contributed by atoms with Gasteiger partial charge in [0.05, 0.1) is 23.8 Å². The molecule has 160 valence electrons. The molecule has 0 fully saturated rings. The number of ether oxygens (including phenoxy) is 2. The summed E-state index contributed by atoms with van der Waals surface area (Å²) < 4.78 is 13.5. The van der Waals surface area contributed by atoms with Crippen LogP contribution in [-0.2, 0) is 6.42 Å². The van der Waals surface area contributed by atoms with E-state index in [1.807, 2.05) is 54.6 Å². The molecule has 0 spiro atoms. The first-order chi connectivity index (χ1) is 15.7. The molecule has 0 aliphatic rings. The SMILES string of the molecule is COc1ccc(-c2nc3ccc(-n4cncn4)cc3[nH]2)cc1OC(C)Cc1ccccc1. The largest absolute Gasteiger partial charge is 0.493 e. The second kappa shape index (κ2) is 8.55. The smallest absolute Gasteiger partial charge is 0.162 e. The van der Waals surface area contributed by atoms with Crippen LogP contribution in [0.3, 0.4) is 0 Å². The third-order valence-corrected chi connectivity index (χ3v) is 5.28. The highest BCUT2D eigenvalue weighted by Crippen LogP contribution is 2.33. The van der Waals surface area contributed by atoms with Crippen LogP contribution in [0.1, 0.15) is 12.5 Å². The molecule has 0 aliphatic heterocycles. The van der Waals surface area contributed by atoms with Gasteiger partial charge in [-0.15, -0.1) is 0 Å². The Morgan fingerprint density at radius 1 is 1.00 bits per heavy atom. The van der Waals surface area contributed by atoms with Gasteiger partial charge >= 0.3 is 0 Å². The fourth-order valence-corrected chi connectivity index (χ4v) is 3.74. The van der Waals surface area contributed by atoms with Crippen molar-refractivity contribution in [2.24, 2.45) is 0 Å². The molecule has 0 radical (unpaired) electrons. The minimum atomic E-state index is -0.0116. The number of benzene rings is 3. The van der Waals surface area contributed by atoms with Crippen molar-refractivity contribution in [3.8, 4) is 28.6 Å². The van der Waals surface area contributed by atoms with Gasteiger partial charge in [0, 0.05) is 12.0 Å². The average Bonchev–Trinajstić information content (AvgIpc) is 3.49. The van der Waals surface area contributed by atoms with Gasteiger partial charge in [0.2, 0.25) is 0 Å². The fraction of sp³-hybridized carbons (Fsp3) is 0.160. The van der Waals surface area contributed by atoms with Crippen molar-refractivity contribution >= 4 is 11.0 Å². The fourth-order valence-electron chi connectivity index (χ4n) is 3.74. The molecule has 1 N–H and O–H groups in total. The first kappa shape index (κ1) is 19.8. The molecular weight excluding hydrogens is 402 g/mol. The predicted molar refractivity (Wildman–Crippen MR) is 123 cm³/mol. The van der Waals surface area contributed by atoms with Gasteiger partial charge in [-0.3, -0.25) is 0 Å². The number of fused-ring (bicyclic) bond motifs is 1. The van der Waals surface area contributed by atoms with E-state index in [0.29, 0.717) is 11.5 Å². The minimum Gasteiger partial charge on any atom is -0.493 e. The van der Waals surface area contributed by atoms with Gasteiger partial charge in [-0.1, -0.05) is 30.3 Å². The Morgan fingerprint density at radius 2 is 1.88 bits per heavy atom. The van der Waals surface area contributed by atoms with E-state index in [1.54, 1.807) is 18.1 Å². The lowest BCUT2D eigenvalue weighted by atomic mass is 10.1. The Kier molecular flexibility index (Phi) is 5.29. The van der Waals surface area contributed by atoms with Crippen LogP contribution >= 0.6 is 0 Å². The van der Waals surface area contributed by atoms with Gasteiger partial charge in [-0.2, -0.15) is 5.10 Å². The summed E-state index contributed by atoms with van der Waals surface area (Å²) in [6.45, 7) is 2.06. The second-order valence-electron chi connectivity index (χ2n) is 7.61. The first-order valence-electron chi connectivity index (χ1n) is 10.4. The van der Waals surface area contributed by atoms with E-state index in [1.165, 1.54) is 11.9 Å². The molecular formula is C25H23N5O2. The molecule has 3 aromatic carbocycles. The maximum atomic E-state index is 6.26. The topological polar surface area (TPSA) is 77.9 Å². The van der Waals surface area contributed by atoms with Crippen LogP contribution < -0.4 is 9.47 Å². The summed E-state index contributed by atoms with van der Waals surface area (Å²) in [5, 5.41) is 4.19. The molecule has 2 heterocycles. The second-order valence-corrected chi connectivity index (χ2v) is 7.61. The van der Waals surface area contributed by atoms with Crippen molar-refractivity contribution in [2.75, 3.05) is 7.11 Å². The van der Waals surface area contributed by atoms with Gasteiger partial charge in [0.15, 0.2) is 11.5 Å². The number of aromatic amines is 1. The van der Waals surface area contributed by atoms with Crippen molar-refractivity contribution < 1.29 is 9.47 Å². The molecule has 7 heteroatoms. The highest BCUT2D eigenvalue weighted by atomic mass is 16.5. The Bertz CT molecular complexity index is 1330. The quantitative estimate of drug-likeness (QED) is 0.404. The van der Waals surface area contributed by atoms with Crippen molar-refractivity contribution in [3.63, 3.8) is 0 Å². The van der Waals surface area contributed by atoms with Crippen molar-refractivity contribution in [1.29, 1.82) is 0 Å². The normalized spacial score (nSPS) is 12.1. The molecule has 1 unspecified atom stereocenters. The molecule has 2 aromatic heterocycles. The van der Waals surface area contributed by atoms with E-state index in [-0.39, 0.29) is 6.10 Å². The molecule has 5 aromatic rings. The summed E-state index contributed by atoms with van der Waals surface area (Å²) in [6.07, 6.45) is 3.98. The summed E-state index contributed by atoms with van der Waals surface area (Å²) in [5.41, 5.74) is 4.86. The summed E-state index contributed by atoms with van der Waals surface area (Å²) >= 11 is 0. The zero-order chi connectivity index (χ0) is 21.9. The highest BCUT2D eigenvalue weighted by Gasteiger charge is 2.14. The van der Waals surface area contributed by atoms with Crippen LogP contribution in [0.5, 0.6) is 11.5 Å². The molecule has 1 atom stereocenters. The van der Waals surface area contributed by atoms with Crippen LogP contribution in [0.4, 0.5) is 0 Å². The minimum absolute atomic E-state index is 0.0116. The van der Waals surface area contributed by atoms with Gasteiger partial charge < -0.3 is 14.5 Å². The third kappa shape index (κ3) is 4.05.